The summed E-state index contributed by atoms with van der Waals surface area (Å²) in [6.45, 7) is 1.95. The molecule has 2 aromatic rings. The van der Waals surface area contributed by atoms with E-state index < -0.39 is 5.97 Å². The van der Waals surface area contributed by atoms with Crippen molar-refractivity contribution in [2.75, 3.05) is 6.61 Å². The molecule has 78 valence electrons. The van der Waals surface area contributed by atoms with Gasteiger partial charge in [0, 0.05) is 5.38 Å². The van der Waals surface area contributed by atoms with Crippen molar-refractivity contribution in [3.8, 4) is 11.6 Å². The minimum absolute atomic E-state index is 0.159. The summed E-state index contributed by atoms with van der Waals surface area (Å²) in [5.41, 5.74) is 0.447. The van der Waals surface area contributed by atoms with Crippen LogP contribution in [-0.4, -0.2) is 32.4 Å². The molecule has 0 aliphatic carbocycles. The fourth-order valence-electron chi connectivity index (χ4n) is 0.860. The maximum absolute atomic E-state index is 11.2. The normalized spacial score (nSPS) is 10.2. The minimum atomic E-state index is -0.639. The molecule has 2 rings (SSSR count). The second-order valence-corrected chi connectivity index (χ2v) is 3.03. The van der Waals surface area contributed by atoms with Gasteiger partial charge in [-0.3, -0.25) is 0 Å². The Hall–Kier alpha value is -1.83. The Balaban J connectivity index is 2.21. The van der Waals surface area contributed by atoms with Crippen molar-refractivity contribution < 1.29 is 13.9 Å². The van der Waals surface area contributed by atoms with Gasteiger partial charge in [0.05, 0.1) is 6.61 Å². The Bertz CT molecular complexity index is 453. The lowest BCUT2D eigenvalue weighted by atomic mass is 10.5. The smallest absolute Gasteiger partial charge is 0.396 e. The number of hydrogen-bond donors (Lipinski definition) is 0. The molecule has 0 bridgehead atoms. The largest absolute Gasteiger partial charge is 0.459 e. The summed E-state index contributed by atoms with van der Waals surface area (Å²) >= 11 is 1.16. The highest BCUT2D eigenvalue weighted by Gasteiger charge is 2.17. The Morgan fingerprint density at radius 1 is 1.53 bits per heavy atom. The van der Waals surface area contributed by atoms with E-state index in [4.69, 9.17) is 4.42 Å². The van der Waals surface area contributed by atoms with Gasteiger partial charge < -0.3 is 9.15 Å². The van der Waals surface area contributed by atoms with Crippen LogP contribution < -0.4 is 0 Å². The molecule has 0 saturated heterocycles. The summed E-state index contributed by atoms with van der Waals surface area (Å²) in [7, 11) is 0. The van der Waals surface area contributed by atoms with Gasteiger partial charge in [0.1, 0.15) is 0 Å². The van der Waals surface area contributed by atoms with Gasteiger partial charge in [-0.25, -0.2) is 4.79 Å². The third-order valence-corrected chi connectivity index (χ3v) is 1.96. The number of esters is 1. The molecule has 0 aliphatic rings. The second-order valence-electron chi connectivity index (χ2n) is 2.42. The van der Waals surface area contributed by atoms with Crippen LogP contribution in [0.1, 0.15) is 17.6 Å². The molecule has 2 aromatic heterocycles. The molecular formula is C7H6N4O3S. The van der Waals surface area contributed by atoms with E-state index in [0.717, 1.165) is 11.5 Å². The molecule has 8 heteroatoms. The molecular weight excluding hydrogens is 220 g/mol. The SMILES string of the molecule is CCOC(=O)c1nnc(-c2csnn2)o1. The van der Waals surface area contributed by atoms with E-state index in [0.29, 0.717) is 5.69 Å². The summed E-state index contributed by atoms with van der Waals surface area (Å²) in [5, 5.41) is 12.6. The fraction of sp³-hybridized carbons (Fsp3) is 0.286. The molecule has 0 fully saturated rings. The lowest BCUT2D eigenvalue weighted by Gasteiger charge is -1.93. The lowest BCUT2D eigenvalue weighted by molar-refractivity contribution is 0.0481. The van der Waals surface area contributed by atoms with Crippen molar-refractivity contribution in [3.63, 3.8) is 0 Å². The first-order valence-electron chi connectivity index (χ1n) is 4.09. The zero-order valence-corrected chi connectivity index (χ0v) is 8.52. The quantitative estimate of drug-likeness (QED) is 0.713. The molecule has 0 aromatic carbocycles. The summed E-state index contributed by atoms with van der Waals surface area (Å²) < 4.78 is 13.4. The van der Waals surface area contributed by atoms with Crippen LogP contribution in [0.5, 0.6) is 0 Å². The molecule has 15 heavy (non-hydrogen) atoms. The Kier molecular flexibility index (Phi) is 2.68. The van der Waals surface area contributed by atoms with E-state index in [2.05, 4.69) is 24.5 Å². The maximum Gasteiger partial charge on any atom is 0.396 e. The van der Waals surface area contributed by atoms with Gasteiger partial charge in [0.25, 0.3) is 5.89 Å². The molecule has 2 heterocycles. The highest BCUT2D eigenvalue weighted by atomic mass is 32.1. The molecule has 0 aliphatic heterocycles. The number of carbonyl (C=O) groups is 1. The van der Waals surface area contributed by atoms with Crippen LogP contribution in [0.15, 0.2) is 9.80 Å². The summed E-state index contributed by atoms with van der Waals surface area (Å²) in [5.74, 6) is -0.661. The number of rotatable bonds is 3. The van der Waals surface area contributed by atoms with Crippen molar-refractivity contribution in [2.45, 2.75) is 6.92 Å². The lowest BCUT2D eigenvalue weighted by Crippen LogP contribution is -2.04. The van der Waals surface area contributed by atoms with Crippen LogP contribution >= 0.6 is 11.5 Å². The van der Waals surface area contributed by atoms with E-state index >= 15 is 0 Å². The zero-order valence-electron chi connectivity index (χ0n) is 7.71. The first kappa shape index (κ1) is 9.71. The predicted octanol–water partition coefficient (Wildman–Crippen LogP) is 0.765. The topological polar surface area (TPSA) is 91.0 Å². The van der Waals surface area contributed by atoms with Crippen LogP contribution in [0, 0.1) is 0 Å². The molecule has 0 unspecified atom stereocenters. The standard InChI is InChI=1S/C7H6N4O3S/c1-2-13-7(12)6-10-9-5(14-6)4-3-15-11-8-4/h3H,2H2,1H3. The van der Waals surface area contributed by atoms with Gasteiger partial charge in [-0.1, -0.05) is 4.49 Å². The van der Waals surface area contributed by atoms with E-state index in [1.165, 1.54) is 0 Å². The molecule has 0 N–H and O–H groups in total. The van der Waals surface area contributed by atoms with Crippen LogP contribution in [0.3, 0.4) is 0 Å². The number of ether oxygens (including phenoxy) is 1. The number of nitrogens with zero attached hydrogens (tertiary/aromatic N) is 4. The molecule has 0 spiro atoms. The van der Waals surface area contributed by atoms with Gasteiger partial charge >= 0.3 is 11.9 Å². The molecule has 0 radical (unpaired) electrons. The maximum atomic E-state index is 11.2. The third-order valence-electron chi connectivity index (χ3n) is 1.45. The van der Waals surface area contributed by atoms with E-state index in [9.17, 15) is 4.79 Å². The van der Waals surface area contributed by atoms with E-state index in [-0.39, 0.29) is 18.4 Å². The number of hydrogen-bond acceptors (Lipinski definition) is 8. The van der Waals surface area contributed by atoms with Crippen molar-refractivity contribution >= 4 is 17.5 Å². The third kappa shape index (κ3) is 1.99. The minimum Gasteiger partial charge on any atom is -0.459 e. The van der Waals surface area contributed by atoms with Gasteiger partial charge in [-0.2, -0.15) is 0 Å². The van der Waals surface area contributed by atoms with Gasteiger partial charge in [-0.05, 0) is 18.5 Å². The van der Waals surface area contributed by atoms with Crippen LogP contribution in [-0.2, 0) is 4.74 Å². The summed E-state index contributed by atoms with van der Waals surface area (Å²) in [6, 6.07) is 0. The average molecular weight is 226 g/mol. The monoisotopic (exact) mass is 226 g/mol. The molecule has 0 atom stereocenters. The Morgan fingerprint density at radius 2 is 2.40 bits per heavy atom. The fourth-order valence-corrected chi connectivity index (χ4v) is 1.29. The molecule has 7 nitrogen and oxygen atoms in total. The highest BCUT2D eigenvalue weighted by molar-refractivity contribution is 7.03. The Morgan fingerprint density at radius 3 is 3.07 bits per heavy atom. The number of aromatic nitrogens is 4. The van der Waals surface area contributed by atoms with Crippen LogP contribution in [0.2, 0.25) is 0 Å². The zero-order chi connectivity index (χ0) is 10.7. The van der Waals surface area contributed by atoms with Crippen molar-refractivity contribution in [1.82, 2.24) is 19.8 Å². The molecule has 0 amide bonds. The van der Waals surface area contributed by atoms with Crippen molar-refractivity contribution in [3.05, 3.63) is 11.3 Å². The first-order valence-corrected chi connectivity index (χ1v) is 4.93. The summed E-state index contributed by atoms with van der Waals surface area (Å²) in [6.07, 6.45) is 0. The highest BCUT2D eigenvalue weighted by Crippen LogP contribution is 2.15. The average Bonchev–Trinajstić information content (AvgIpc) is 2.89. The second kappa shape index (κ2) is 4.13. The summed E-state index contributed by atoms with van der Waals surface area (Å²) in [4.78, 5) is 11.2. The number of carbonyl (C=O) groups excluding carboxylic acids is 1. The predicted molar refractivity (Wildman–Crippen MR) is 49.2 cm³/mol. The van der Waals surface area contributed by atoms with E-state index in [1.54, 1.807) is 12.3 Å². The van der Waals surface area contributed by atoms with E-state index in [1.807, 2.05) is 0 Å². The Labute approximate surface area is 88.2 Å². The first-order chi connectivity index (χ1) is 7.31. The van der Waals surface area contributed by atoms with Gasteiger partial charge in [0.2, 0.25) is 0 Å². The van der Waals surface area contributed by atoms with Crippen molar-refractivity contribution in [2.24, 2.45) is 0 Å². The molecule has 0 saturated carbocycles. The van der Waals surface area contributed by atoms with Gasteiger partial charge in [-0.15, -0.1) is 15.3 Å². The van der Waals surface area contributed by atoms with Crippen LogP contribution in [0.25, 0.3) is 11.6 Å². The van der Waals surface area contributed by atoms with Gasteiger partial charge in [0.15, 0.2) is 5.69 Å². The van der Waals surface area contributed by atoms with Crippen molar-refractivity contribution in [1.29, 1.82) is 0 Å². The van der Waals surface area contributed by atoms with Crippen LogP contribution in [0.4, 0.5) is 0 Å².